The summed E-state index contributed by atoms with van der Waals surface area (Å²) in [6, 6.07) is 1.57. The van der Waals surface area contributed by atoms with Crippen molar-refractivity contribution in [3.63, 3.8) is 0 Å². The maximum Gasteiger partial charge on any atom is 0.0141 e. The number of hydrogen-bond donors (Lipinski definition) is 1. The van der Waals surface area contributed by atoms with Gasteiger partial charge in [0.25, 0.3) is 0 Å². The van der Waals surface area contributed by atoms with Crippen molar-refractivity contribution in [1.29, 1.82) is 0 Å². The number of rotatable bonds is 4. The number of nitrogens with zero attached hydrogens (tertiary/aromatic N) is 1. The molecule has 2 N–H and O–H groups in total. The van der Waals surface area contributed by atoms with E-state index in [1.807, 2.05) is 0 Å². The van der Waals surface area contributed by atoms with E-state index in [2.05, 4.69) is 32.6 Å². The van der Waals surface area contributed by atoms with Crippen LogP contribution in [0.3, 0.4) is 0 Å². The molecule has 2 aliphatic carbocycles. The fourth-order valence-electron chi connectivity index (χ4n) is 4.85. The first-order chi connectivity index (χ1) is 9.97. The average Bonchev–Trinajstić information content (AvgIpc) is 2.48. The van der Waals surface area contributed by atoms with Crippen LogP contribution in [0, 0.1) is 17.3 Å². The van der Waals surface area contributed by atoms with Crippen LogP contribution < -0.4 is 5.73 Å². The summed E-state index contributed by atoms with van der Waals surface area (Å²) in [7, 11) is 0. The highest BCUT2D eigenvalue weighted by atomic mass is 15.2. The maximum atomic E-state index is 6.14. The van der Waals surface area contributed by atoms with E-state index < -0.39 is 0 Å². The van der Waals surface area contributed by atoms with Crippen molar-refractivity contribution < 1.29 is 0 Å². The van der Waals surface area contributed by atoms with Gasteiger partial charge < -0.3 is 5.73 Å². The Kier molecular flexibility index (Phi) is 6.14. The Morgan fingerprint density at radius 1 is 1.00 bits per heavy atom. The Bertz CT molecular complexity index is 301. The first-order valence-corrected chi connectivity index (χ1v) is 9.43. The van der Waals surface area contributed by atoms with Gasteiger partial charge in [-0.2, -0.15) is 0 Å². The van der Waals surface area contributed by atoms with Crippen LogP contribution in [0.25, 0.3) is 0 Å². The lowest BCUT2D eigenvalue weighted by atomic mass is 9.67. The van der Waals surface area contributed by atoms with Gasteiger partial charge in [0.2, 0.25) is 0 Å². The minimum Gasteiger partial charge on any atom is -0.330 e. The molecule has 2 fully saturated rings. The summed E-state index contributed by atoms with van der Waals surface area (Å²) in [4.78, 5) is 2.86. The van der Waals surface area contributed by atoms with Crippen molar-refractivity contribution in [2.75, 3.05) is 13.1 Å². The summed E-state index contributed by atoms with van der Waals surface area (Å²) in [5.41, 5.74) is 6.59. The summed E-state index contributed by atoms with van der Waals surface area (Å²) in [6.45, 7) is 11.7. The fourth-order valence-corrected chi connectivity index (χ4v) is 4.85. The molecule has 2 rings (SSSR count). The van der Waals surface area contributed by atoms with E-state index in [9.17, 15) is 0 Å². The van der Waals surface area contributed by atoms with E-state index in [0.29, 0.717) is 5.41 Å². The van der Waals surface area contributed by atoms with Gasteiger partial charge in [0.1, 0.15) is 0 Å². The highest BCUT2D eigenvalue weighted by Gasteiger charge is 2.39. The molecule has 2 nitrogen and oxygen atoms in total. The van der Waals surface area contributed by atoms with Gasteiger partial charge in [-0.3, -0.25) is 4.90 Å². The van der Waals surface area contributed by atoms with Crippen molar-refractivity contribution >= 4 is 0 Å². The van der Waals surface area contributed by atoms with Gasteiger partial charge in [0.05, 0.1) is 0 Å². The van der Waals surface area contributed by atoms with E-state index >= 15 is 0 Å². The van der Waals surface area contributed by atoms with Gasteiger partial charge in [-0.1, -0.05) is 47.0 Å². The quantitative estimate of drug-likeness (QED) is 0.831. The Labute approximate surface area is 132 Å². The van der Waals surface area contributed by atoms with E-state index in [0.717, 1.165) is 30.5 Å². The molecule has 3 atom stereocenters. The zero-order valence-corrected chi connectivity index (χ0v) is 14.9. The summed E-state index contributed by atoms with van der Waals surface area (Å²) in [5.74, 6) is 1.59. The normalized spacial score (nSPS) is 32.6. The van der Waals surface area contributed by atoms with Gasteiger partial charge in [0, 0.05) is 12.1 Å². The lowest BCUT2D eigenvalue weighted by Gasteiger charge is -2.49. The summed E-state index contributed by atoms with van der Waals surface area (Å²) in [5, 5.41) is 0. The molecular weight excluding hydrogens is 256 g/mol. The Hall–Kier alpha value is -0.0800. The molecule has 0 heterocycles. The van der Waals surface area contributed by atoms with E-state index in [1.165, 1.54) is 57.9 Å². The molecule has 0 aromatic heterocycles. The zero-order chi connectivity index (χ0) is 15.5. The number of nitrogens with two attached hydrogens (primary N) is 1. The van der Waals surface area contributed by atoms with Crippen molar-refractivity contribution in [3.05, 3.63) is 0 Å². The Morgan fingerprint density at radius 2 is 1.67 bits per heavy atom. The monoisotopic (exact) mass is 294 g/mol. The predicted molar refractivity (Wildman–Crippen MR) is 92.4 cm³/mol. The van der Waals surface area contributed by atoms with Crippen LogP contribution in [-0.4, -0.2) is 30.1 Å². The van der Waals surface area contributed by atoms with Crippen molar-refractivity contribution in [3.8, 4) is 0 Å². The van der Waals surface area contributed by atoms with Crippen LogP contribution in [-0.2, 0) is 0 Å². The summed E-state index contributed by atoms with van der Waals surface area (Å²) >= 11 is 0. The third-order valence-corrected chi connectivity index (χ3v) is 6.32. The van der Waals surface area contributed by atoms with Crippen LogP contribution in [0.15, 0.2) is 0 Å². The SMILES string of the molecule is CCN(C1CCCCC1)C1CC(C(C)(C)C)CCC1CN. The first-order valence-electron chi connectivity index (χ1n) is 9.43. The second-order valence-electron chi connectivity index (χ2n) is 8.56. The molecule has 124 valence electrons. The maximum absolute atomic E-state index is 6.14. The average molecular weight is 295 g/mol. The van der Waals surface area contributed by atoms with Crippen molar-refractivity contribution in [1.82, 2.24) is 4.90 Å². The third kappa shape index (κ3) is 4.22. The van der Waals surface area contributed by atoms with Gasteiger partial charge >= 0.3 is 0 Å². The summed E-state index contributed by atoms with van der Waals surface area (Å²) < 4.78 is 0. The summed E-state index contributed by atoms with van der Waals surface area (Å²) in [6.07, 6.45) is 11.2. The van der Waals surface area contributed by atoms with Crippen LogP contribution in [0.5, 0.6) is 0 Å². The second-order valence-corrected chi connectivity index (χ2v) is 8.56. The molecule has 0 radical (unpaired) electrons. The van der Waals surface area contributed by atoms with E-state index in [4.69, 9.17) is 5.73 Å². The molecule has 0 aliphatic heterocycles. The van der Waals surface area contributed by atoms with E-state index in [1.54, 1.807) is 0 Å². The van der Waals surface area contributed by atoms with Gasteiger partial charge in [-0.05, 0) is 62.4 Å². The van der Waals surface area contributed by atoms with Crippen LogP contribution in [0.1, 0.15) is 79.1 Å². The molecule has 2 aliphatic rings. The number of hydrogen-bond acceptors (Lipinski definition) is 2. The molecule has 3 unspecified atom stereocenters. The highest BCUT2D eigenvalue weighted by Crippen LogP contribution is 2.42. The van der Waals surface area contributed by atoms with Gasteiger partial charge in [0.15, 0.2) is 0 Å². The molecule has 0 amide bonds. The smallest absolute Gasteiger partial charge is 0.0141 e. The molecule has 0 spiro atoms. The molecule has 2 heteroatoms. The van der Waals surface area contributed by atoms with E-state index in [-0.39, 0.29) is 0 Å². The van der Waals surface area contributed by atoms with Crippen LogP contribution in [0.2, 0.25) is 0 Å². The minimum absolute atomic E-state index is 0.448. The topological polar surface area (TPSA) is 29.3 Å². The van der Waals surface area contributed by atoms with Crippen LogP contribution >= 0.6 is 0 Å². The molecular formula is C19H38N2. The first kappa shape index (κ1) is 17.3. The van der Waals surface area contributed by atoms with Gasteiger partial charge in [-0.25, -0.2) is 0 Å². The van der Waals surface area contributed by atoms with Crippen molar-refractivity contribution in [2.24, 2.45) is 23.0 Å². The zero-order valence-electron chi connectivity index (χ0n) is 14.9. The third-order valence-electron chi connectivity index (χ3n) is 6.32. The molecule has 0 bridgehead atoms. The van der Waals surface area contributed by atoms with Crippen molar-refractivity contribution in [2.45, 2.75) is 91.1 Å². The highest BCUT2D eigenvalue weighted by molar-refractivity contribution is 4.93. The Balaban J connectivity index is 2.10. The molecule has 0 saturated heterocycles. The fraction of sp³-hybridized carbons (Fsp3) is 1.00. The Morgan fingerprint density at radius 3 is 2.19 bits per heavy atom. The molecule has 2 saturated carbocycles. The van der Waals surface area contributed by atoms with Crippen LogP contribution in [0.4, 0.5) is 0 Å². The molecule has 0 aromatic carbocycles. The second kappa shape index (κ2) is 7.46. The minimum atomic E-state index is 0.448. The van der Waals surface area contributed by atoms with Gasteiger partial charge in [-0.15, -0.1) is 0 Å². The predicted octanol–water partition coefficient (Wildman–Crippen LogP) is 4.43. The molecule has 21 heavy (non-hydrogen) atoms. The lowest BCUT2D eigenvalue weighted by molar-refractivity contribution is 0.0134. The standard InChI is InChI=1S/C19H38N2/c1-5-21(17-9-7-6-8-10-17)18-13-16(19(2,3)4)12-11-15(18)14-20/h15-18H,5-14,20H2,1-4H3. The molecule has 0 aromatic rings. The largest absolute Gasteiger partial charge is 0.330 e. The lowest BCUT2D eigenvalue weighted by Crippen LogP contribution is -2.52.